The molecule has 0 unspecified atom stereocenters. The fraction of sp³-hybridized carbons (Fsp3) is 0. The van der Waals surface area contributed by atoms with E-state index in [9.17, 15) is 0 Å². The number of aromatic nitrogens is 4. The highest BCUT2D eigenvalue weighted by Gasteiger charge is 2.21. The van der Waals surface area contributed by atoms with Gasteiger partial charge in [-0.05, 0) is 64.7 Å². The fourth-order valence-corrected chi connectivity index (χ4v) is 7.99. The van der Waals surface area contributed by atoms with Gasteiger partial charge in [0, 0.05) is 38.5 Å². The summed E-state index contributed by atoms with van der Waals surface area (Å²) in [5.41, 5.74) is 12.4. The van der Waals surface area contributed by atoms with Crippen LogP contribution in [-0.4, -0.2) is 19.5 Å². The number of fused-ring (bicyclic) bond motifs is 7. The Balaban J connectivity index is 1.16. The molecule has 11 aromatic rings. The summed E-state index contributed by atoms with van der Waals surface area (Å²) < 4.78 is 8.85. The molecule has 0 N–H and O–H groups in total. The number of benzene rings is 8. The molecule has 0 atom stereocenters. The van der Waals surface area contributed by atoms with Gasteiger partial charge in [0.2, 0.25) is 0 Å². The molecular formula is C51H32N4O. The summed E-state index contributed by atoms with van der Waals surface area (Å²) in [7, 11) is 0. The van der Waals surface area contributed by atoms with E-state index < -0.39 is 0 Å². The second kappa shape index (κ2) is 13.0. The Bertz CT molecular complexity index is 3180. The molecule has 0 fully saturated rings. The standard InChI is InChI=1S/C51H32N4O/c1-4-14-33(15-5-1)36-20-12-21-37(30-36)38-26-27-41-42-28-29-46-47(43-24-10-11-25-45(43)56-46)48(42)55(44(41)32-38)40-23-13-22-39(31-40)51-53-49(34-16-6-2-7-17-34)52-50(54-51)35-18-8-3-9-19-35/h1-32H. The van der Waals surface area contributed by atoms with Gasteiger partial charge >= 0.3 is 0 Å². The van der Waals surface area contributed by atoms with E-state index in [1.54, 1.807) is 0 Å². The molecule has 56 heavy (non-hydrogen) atoms. The molecule has 0 aliphatic carbocycles. The predicted octanol–water partition coefficient (Wildman–Crippen LogP) is 13.2. The van der Waals surface area contributed by atoms with Crippen LogP contribution in [0.3, 0.4) is 0 Å². The zero-order valence-corrected chi connectivity index (χ0v) is 30.2. The molecule has 0 aliphatic heterocycles. The van der Waals surface area contributed by atoms with Crippen molar-refractivity contribution in [3.8, 4) is 62.1 Å². The summed E-state index contributed by atoms with van der Waals surface area (Å²) in [6, 6.07) is 67.5. The Labute approximate surface area is 322 Å². The summed E-state index contributed by atoms with van der Waals surface area (Å²) in [6.45, 7) is 0. The minimum atomic E-state index is 0.609. The number of hydrogen-bond acceptors (Lipinski definition) is 4. The third kappa shape index (κ3) is 5.37. The van der Waals surface area contributed by atoms with Crippen LogP contribution in [0.15, 0.2) is 199 Å². The van der Waals surface area contributed by atoms with E-state index in [1.807, 2.05) is 72.8 Å². The molecule has 3 heterocycles. The fourth-order valence-electron chi connectivity index (χ4n) is 7.99. The molecule has 0 saturated heterocycles. The molecule has 5 nitrogen and oxygen atoms in total. The quantitative estimate of drug-likeness (QED) is 0.172. The number of hydrogen-bond donors (Lipinski definition) is 0. The lowest BCUT2D eigenvalue weighted by atomic mass is 9.98. The van der Waals surface area contributed by atoms with Gasteiger partial charge in [-0.2, -0.15) is 0 Å². The highest BCUT2D eigenvalue weighted by molar-refractivity contribution is 6.24. The zero-order valence-electron chi connectivity index (χ0n) is 30.2. The van der Waals surface area contributed by atoms with E-state index in [2.05, 4.69) is 126 Å². The predicted molar refractivity (Wildman–Crippen MR) is 229 cm³/mol. The van der Waals surface area contributed by atoms with Crippen molar-refractivity contribution in [2.45, 2.75) is 0 Å². The van der Waals surface area contributed by atoms with Crippen molar-refractivity contribution in [3.63, 3.8) is 0 Å². The van der Waals surface area contributed by atoms with Crippen molar-refractivity contribution in [1.82, 2.24) is 19.5 Å². The van der Waals surface area contributed by atoms with E-state index in [4.69, 9.17) is 19.4 Å². The first-order chi connectivity index (χ1) is 27.7. The lowest BCUT2D eigenvalue weighted by Crippen LogP contribution is -2.01. The van der Waals surface area contributed by atoms with Gasteiger partial charge in [0.1, 0.15) is 11.2 Å². The zero-order chi connectivity index (χ0) is 37.0. The maximum atomic E-state index is 6.46. The average molecular weight is 717 g/mol. The maximum Gasteiger partial charge on any atom is 0.164 e. The van der Waals surface area contributed by atoms with Crippen molar-refractivity contribution in [1.29, 1.82) is 0 Å². The van der Waals surface area contributed by atoms with E-state index >= 15 is 0 Å². The molecule has 3 aromatic heterocycles. The Hall–Kier alpha value is -7.63. The van der Waals surface area contributed by atoms with E-state index in [0.717, 1.165) is 71.9 Å². The van der Waals surface area contributed by atoms with Gasteiger partial charge in [-0.15, -0.1) is 0 Å². The summed E-state index contributed by atoms with van der Waals surface area (Å²) in [5.74, 6) is 1.87. The monoisotopic (exact) mass is 716 g/mol. The molecule has 0 radical (unpaired) electrons. The van der Waals surface area contributed by atoms with Crippen molar-refractivity contribution in [2.75, 3.05) is 0 Å². The van der Waals surface area contributed by atoms with Crippen LogP contribution in [0.1, 0.15) is 0 Å². The molecule has 5 heteroatoms. The lowest BCUT2D eigenvalue weighted by Gasteiger charge is -2.13. The van der Waals surface area contributed by atoms with Crippen LogP contribution in [0, 0.1) is 0 Å². The van der Waals surface area contributed by atoms with Gasteiger partial charge in [-0.3, -0.25) is 0 Å². The van der Waals surface area contributed by atoms with Crippen LogP contribution in [0.4, 0.5) is 0 Å². The van der Waals surface area contributed by atoms with Gasteiger partial charge in [0.25, 0.3) is 0 Å². The second-order valence-electron chi connectivity index (χ2n) is 14.0. The molecule has 0 amide bonds. The Morgan fingerprint density at radius 1 is 0.339 bits per heavy atom. The van der Waals surface area contributed by atoms with Crippen LogP contribution in [-0.2, 0) is 0 Å². The highest BCUT2D eigenvalue weighted by atomic mass is 16.3. The Kier molecular flexibility index (Phi) is 7.42. The van der Waals surface area contributed by atoms with Gasteiger partial charge in [0.05, 0.1) is 16.4 Å². The van der Waals surface area contributed by atoms with Crippen molar-refractivity contribution in [2.24, 2.45) is 0 Å². The first-order valence-electron chi connectivity index (χ1n) is 18.8. The summed E-state index contributed by atoms with van der Waals surface area (Å²) in [6.07, 6.45) is 0. The smallest absolute Gasteiger partial charge is 0.164 e. The normalized spacial score (nSPS) is 11.6. The van der Waals surface area contributed by atoms with Crippen molar-refractivity contribution >= 4 is 43.7 Å². The number of nitrogens with zero attached hydrogens (tertiary/aromatic N) is 4. The van der Waals surface area contributed by atoms with E-state index in [1.165, 1.54) is 16.5 Å². The molecule has 262 valence electrons. The largest absolute Gasteiger partial charge is 0.456 e. The lowest BCUT2D eigenvalue weighted by molar-refractivity contribution is 0.669. The van der Waals surface area contributed by atoms with Crippen LogP contribution >= 0.6 is 0 Å². The maximum absolute atomic E-state index is 6.46. The SMILES string of the molecule is c1ccc(-c2cccc(-c3ccc4c5ccc6oc7ccccc7c6c5n(-c5cccc(-c6nc(-c7ccccc7)nc(-c7ccccc7)n6)c5)c4c3)c2)cc1. The van der Waals surface area contributed by atoms with Gasteiger partial charge in [-0.1, -0.05) is 152 Å². The molecule has 0 saturated carbocycles. The molecule has 0 aliphatic rings. The van der Waals surface area contributed by atoms with Crippen LogP contribution in [0.5, 0.6) is 0 Å². The Morgan fingerprint density at radius 2 is 0.875 bits per heavy atom. The summed E-state index contributed by atoms with van der Waals surface area (Å²) >= 11 is 0. The topological polar surface area (TPSA) is 56.7 Å². The number of furan rings is 1. The summed E-state index contributed by atoms with van der Waals surface area (Å²) in [4.78, 5) is 15.1. The summed E-state index contributed by atoms with van der Waals surface area (Å²) in [5, 5.41) is 4.50. The first kappa shape index (κ1) is 31.9. The number of rotatable bonds is 6. The Morgan fingerprint density at radius 3 is 1.59 bits per heavy atom. The van der Waals surface area contributed by atoms with E-state index in [-0.39, 0.29) is 0 Å². The first-order valence-corrected chi connectivity index (χ1v) is 18.8. The third-order valence-corrected chi connectivity index (χ3v) is 10.6. The minimum absolute atomic E-state index is 0.609. The molecule has 0 spiro atoms. The highest BCUT2D eigenvalue weighted by Crippen LogP contribution is 2.42. The van der Waals surface area contributed by atoms with Crippen LogP contribution in [0.25, 0.3) is 106 Å². The van der Waals surface area contributed by atoms with Crippen molar-refractivity contribution < 1.29 is 4.42 Å². The van der Waals surface area contributed by atoms with Crippen LogP contribution in [0.2, 0.25) is 0 Å². The minimum Gasteiger partial charge on any atom is -0.456 e. The van der Waals surface area contributed by atoms with E-state index in [0.29, 0.717) is 17.5 Å². The van der Waals surface area contributed by atoms with Crippen LogP contribution < -0.4 is 0 Å². The number of para-hydroxylation sites is 1. The van der Waals surface area contributed by atoms with Gasteiger partial charge < -0.3 is 8.98 Å². The van der Waals surface area contributed by atoms with Gasteiger partial charge in [-0.25, -0.2) is 15.0 Å². The molecule has 0 bridgehead atoms. The van der Waals surface area contributed by atoms with Crippen molar-refractivity contribution in [3.05, 3.63) is 194 Å². The molecular weight excluding hydrogens is 685 g/mol. The molecule has 8 aromatic carbocycles. The third-order valence-electron chi connectivity index (χ3n) is 10.6. The average Bonchev–Trinajstić information content (AvgIpc) is 3.83. The molecule has 11 rings (SSSR count). The van der Waals surface area contributed by atoms with Gasteiger partial charge in [0.15, 0.2) is 17.5 Å². The second-order valence-corrected chi connectivity index (χ2v) is 14.0.